The van der Waals surface area contributed by atoms with E-state index < -0.39 is 0 Å². The van der Waals surface area contributed by atoms with Crippen LogP contribution in [0.15, 0.2) is 67.0 Å². The fourth-order valence-electron chi connectivity index (χ4n) is 2.78. The van der Waals surface area contributed by atoms with Crippen LogP contribution in [-0.2, 0) is 6.42 Å². The number of carbonyl (C=O) groups excluding carboxylic acids is 1. The fourth-order valence-corrected chi connectivity index (χ4v) is 3.78. The molecule has 0 bridgehead atoms. The Morgan fingerprint density at radius 1 is 1.03 bits per heavy atom. The fraction of sp³-hybridized carbons (Fsp3) is 0.0909. The van der Waals surface area contributed by atoms with E-state index in [0.29, 0.717) is 22.9 Å². The zero-order valence-corrected chi connectivity index (χ0v) is 16.4. The molecule has 4 aromatic rings. The van der Waals surface area contributed by atoms with Gasteiger partial charge in [-0.15, -0.1) is 11.3 Å². The summed E-state index contributed by atoms with van der Waals surface area (Å²) in [5.41, 5.74) is 3.07. The SMILES string of the molecule is Cc1nc(NC(=O)c2cnc(-c3ccccc3)nc2)sc1Cc1ccc(F)cc1. The average Bonchev–Trinajstić information content (AvgIpc) is 3.09. The minimum atomic E-state index is -0.313. The number of carbonyl (C=O) groups is 1. The van der Waals surface area contributed by atoms with Crippen molar-refractivity contribution in [1.82, 2.24) is 15.0 Å². The molecule has 0 spiro atoms. The van der Waals surface area contributed by atoms with Crippen LogP contribution in [0.3, 0.4) is 0 Å². The van der Waals surface area contributed by atoms with Crippen molar-refractivity contribution in [3.8, 4) is 11.4 Å². The highest BCUT2D eigenvalue weighted by Crippen LogP contribution is 2.26. The molecule has 0 atom stereocenters. The van der Waals surface area contributed by atoms with Gasteiger partial charge >= 0.3 is 0 Å². The van der Waals surface area contributed by atoms with Gasteiger partial charge in [-0.2, -0.15) is 0 Å². The van der Waals surface area contributed by atoms with Crippen molar-refractivity contribution >= 4 is 22.4 Å². The van der Waals surface area contributed by atoms with Crippen LogP contribution in [0.25, 0.3) is 11.4 Å². The van der Waals surface area contributed by atoms with Gasteiger partial charge in [0, 0.05) is 29.3 Å². The predicted molar refractivity (Wildman–Crippen MR) is 111 cm³/mol. The van der Waals surface area contributed by atoms with E-state index in [0.717, 1.165) is 21.7 Å². The van der Waals surface area contributed by atoms with Gasteiger partial charge in [0.2, 0.25) is 0 Å². The first kappa shape index (κ1) is 18.9. The third-order valence-corrected chi connectivity index (χ3v) is 5.41. The second-order valence-electron chi connectivity index (χ2n) is 6.45. The molecule has 144 valence electrons. The minimum Gasteiger partial charge on any atom is -0.298 e. The number of nitrogens with zero attached hydrogens (tertiary/aromatic N) is 3. The van der Waals surface area contributed by atoms with Crippen LogP contribution in [-0.4, -0.2) is 20.9 Å². The normalized spacial score (nSPS) is 10.7. The van der Waals surface area contributed by atoms with Crippen LogP contribution < -0.4 is 5.32 Å². The van der Waals surface area contributed by atoms with Gasteiger partial charge in [-0.1, -0.05) is 42.5 Å². The number of aromatic nitrogens is 3. The van der Waals surface area contributed by atoms with Gasteiger partial charge < -0.3 is 0 Å². The van der Waals surface area contributed by atoms with Gasteiger partial charge in [-0.3, -0.25) is 10.1 Å². The van der Waals surface area contributed by atoms with Crippen LogP contribution in [0.1, 0.15) is 26.5 Å². The zero-order chi connectivity index (χ0) is 20.2. The first-order valence-corrected chi connectivity index (χ1v) is 9.80. The Morgan fingerprint density at radius 3 is 2.41 bits per heavy atom. The Morgan fingerprint density at radius 2 is 1.72 bits per heavy atom. The van der Waals surface area contributed by atoms with Gasteiger partial charge in [0.15, 0.2) is 11.0 Å². The molecule has 29 heavy (non-hydrogen) atoms. The van der Waals surface area contributed by atoms with Crippen molar-refractivity contribution in [2.24, 2.45) is 0 Å². The van der Waals surface area contributed by atoms with Gasteiger partial charge in [0.05, 0.1) is 11.3 Å². The maximum atomic E-state index is 13.1. The standard InChI is InChI=1S/C22H17FN4OS/c1-14-19(11-15-7-9-18(23)10-8-15)29-22(26-14)27-21(28)17-12-24-20(25-13-17)16-5-3-2-4-6-16/h2-10,12-13H,11H2,1H3,(H,26,27,28). The Hall–Kier alpha value is -3.45. The van der Waals surface area contributed by atoms with Crippen molar-refractivity contribution in [3.05, 3.63) is 94.5 Å². The van der Waals surface area contributed by atoms with Crippen LogP contribution in [0.4, 0.5) is 9.52 Å². The molecular weight excluding hydrogens is 387 g/mol. The summed E-state index contributed by atoms with van der Waals surface area (Å²) in [6.45, 7) is 1.89. The molecule has 2 aromatic carbocycles. The topological polar surface area (TPSA) is 67.8 Å². The Kier molecular flexibility index (Phi) is 5.39. The molecule has 2 heterocycles. The van der Waals surface area contributed by atoms with Gasteiger partial charge in [-0.25, -0.2) is 19.3 Å². The van der Waals surface area contributed by atoms with Gasteiger partial charge in [0.25, 0.3) is 5.91 Å². The summed E-state index contributed by atoms with van der Waals surface area (Å²) in [5.74, 6) is -0.0104. The number of halogens is 1. The molecular formula is C22H17FN4OS. The largest absolute Gasteiger partial charge is 0.298 e. The summed E-state index contributed by atoms with van der Waals surface area (Å²) in [6, 6.07) is 15.9. The Balaban J connectivity index is 1.45. The summed E-state index contributed by atoms with van der Waals surface area (Å²) in [7, 11) is 0. The molecule has 0 aliphatic carbocycles. The molecule has 0 aliphatic rings. The number of amides is 1. The van der Waals surface area contributed by atoms with Crippen LogP contribution in [0, 0.1) is 12.7 Å². The monoisotopic (exact) mass is 404 g/mol. The van der Waals surface area contributed by atoms with Crippen molar-refractivity contribution in [3.63, 3.8) is 0 Å². The lowest BCUT2D eigenvalue weighted by Crippen LogP contribution is -2.12. The van der Waals surface area contributed by atoms with Crippen LogP contribution in [0.2, 0.25) is 0 Å². The van der Waals surface area contributed by atoms with Gasteiger partial charge in [0.1, 0.15) is 5.82 Å². The van der Waals surface area contributed by atoms with E-state index in [1.165, 1.54) is 35.9 Å². The van der Waals surface area contributed by atoms with Crippen LogP contribution >= 0.6 is 11.3 Å². The number of anilines is 1. The number of nitrogens with one attached hydrogen (secondary N) is 1. The van der Waals surface area contributed by atoms with Crippen molar-refractivity contribution in [2.75, 3.05) is 5.32 Å². The Labute approximate surface area is 171 Å². The molecule has 0 fully saturated rings. The van der Waals surface area contributed by atoms with Gasteiger partial charge in [-0.05, 0) is 24.6 Å². The van der Waals surface area contributed by atoms with Crippen molar-refractivity contribution < 1.29 is 9.18 Å². The third kappa shape index (κ3) is 4.52. The van der Waals surface area contributed by atoms with E-state index in [1.54, 1.807) is 12.1 Å². The molecule has 0 saturated heterocycles. The first-order valence-electron chi connectivity index (χ1n) is 8.98. The summed E-state index contributed by atoms with van der Waals surface area (Å²) in [5, 5.41) is 3.31. The lowest BCUT2D eigenvalue weighted by molar-refractivity contribution is 0.102. The summed E-state index contributed by atoms with van der Waals surface area (Å²) >= 11 is 1.40. The zero-order valence-electron chi connectivity index (χ0n) is 15.6. The molecule has 1 amide bonds. The maximum Gasteiger partial charge on any atom is 0.260 e. The molecule has 0 unspecified atom stereocenters. The molecule has 0 radical (unpaired) electrons. The Bertz CT molecular complexity index is 1130. The lowest BCUT2D eigenvalue weighted by Gasteiger charge is -2.03. The maximum absolute atomic E-state index is 13.1. The van der Waals surface area contributed by atoms with Crippen LogP contribution in [0.5, 0.6) is 0 Å². The number of hydrogen-bond donors (Lipinski definition) is 1. The first-order chi connectivity index (χ1) is 14.1. The molecule has 4 rings (SSSR count). The molecule has 5 nitrogen and oxygen atoms in total. The van der Waals surface area contributed by atoms with E-state index in [-0.39, 0.29) is 11.7 Å². The molecule has 0 aliphatic heterocycles. The molecule has 7 heteroatoms. The summed E-state index contributed by atoms with van der Waals surface area (Å²) in [4.78, 5) is 26.5. The number of aryl methyl sites for hydroxylation is 1. The number of hydrogen-bond acceptors (Lipinski definition) is 5. The van der Waals surface area contributed by atoms with E-state index in [9.17, 15) is 9.18 Å². The van der Waals surface area contributed by atoms with E-state index in [1.807, 2.05) is 37.3 Å². The minimum absolute atomic E-state index is 0.261. The summed E-state index contributed by atoms with van der Waals surface area (Å²) < 4.78 is 13.1. The highest BCUT2D eigenvalue weighted by molar-refractivity contribution is 7.15. The third-order valence-electron chi connectivity index (χ3n) is 4.34. The lowest BCUT2D eigenvalue weighted by atomic mass is 10.1. The quantitative estimate of drug-likeness (QED) is 0.514. The highest BCUT2D eigenvalue weighted by atomic mass is 32.1. The average molecular weight is 404 g/mol. The van der Waals surface area contributed by atoms with Crippen molar-refractivity contribution in [2.45, 2.75) is 13.3 Å². The molecule has 0 saturated carbocycles. The second-order valence-corrected chi connectivity index (χ2v) is 7.53. The number of benzene rings is 2. The van der Waals surface area contributed by atoms with E-state index >= 15 is 0 Å². The smallest absolute Gasteiger partial charge is 0.260 e. The van der Waals surface area contributed by atoms with Crippen molar-refractivity contribution in [1.29, 1.82) is 0 Å². The predicted octanol–water partition coefficient (Wildman–Crippen LogP) is 4.89. The number of rotatable bonds is 5. The number of thiazole rings is 1. The summed E-state index contributed by atoms with van der Waals surface area (Å²) in [6.07, 6.45) is 3.64. The van der Waals surface area contributed by atoms with E-state index in [4.69, 9.17) is 0 Å². The highest BCUT2D eigenvalue weighted by Gasteiger charge is 2.13. The second kappa shape index (κ2) is 8.28. The molecule has 2 aromatic heterocycles. The van der Waals surface area contributed by atoms with E-state index in [2.05, 4.69) is 20.3 Å². The molecule has 1 N–H and O–H groups in total.